The highest BCUT2D eigenvalue weighted by Crippen LogP contribution is 2.32. The molecule has 0 aliphatic carbocycles. The minimum atomic E-state index is -0.123. The standard InChI is InChI=1S/C20H14Br2N2O2S/c1-26-17-7-2-11-8-12(21)3-5-14(11)15(17)10-19(25)24-20-23-16-6-4-13(22)9-18(16)27-20/h2-9H,10H2,1H3,(H,23,24,25). The lowest BCUT2D eigenvalue weighted by molar-refractivity contribution is -0.115. The zero-order valence-electron chi connectivity index (χ0n) is 14.3. The van der Waals surface area contributed by atoms with Crippen molar-refractivity contribution in [3.8, 4) is 5.75 Å². The Morgan fingerprint density at radius 3 is 2.70 bits per heavy atom. The van der Waals surface area contributed by atoms with Gasteiger partial charge < -0.3 is 10.1 Å². The van der Waals surface area contributed by atoms with E-state index in [1.165, 1.54) is 11.3 Å². The van der Waals surface area contributed by atoms with Gasteiger partial charge in [0.1, 0.15) is 5.75 Å². The van der Waals surface area contributed by atoms with E-state index in [1.54, 1.807) is 7.11 Å². The average molecular weight is 506 g/mol. The van der Waals surface area contributed by atoms with Crippen LogP contribution >= 0.6 is 43.2 Å². The summed E-state index contributed by atoms with van der Waals surface area (Å²) in [7, 11) is 1.62. The van der Waals surface area contributed by atoms with Gasteiger partial charge in [0.2, 0.25) is 5.91 Å². The fourth-order valence-electron chi connectivity index (χ4n) is 2.99. The first-order valence-electron chi connectivity index (χ1n) is 8.14. The molecule has 1 heterocycles. The van der Waals surface area contributed by atoms with Crippen LogP contribution < -0.4 is 10.1 Å². The Balaban J connectivity index is 1.63. The van der Waals surface area contributed by atoms with Crippen molar-refractivity contribution in [3.63, 3.8) is 0 Å². The van der Waals surface area contributed by atoms with Crippen LogP contribution in [-0.2, 0) is 11.2 Å². The first kappa shape index (κ1) is 18.4. The molecule has 0 unspecified atom stereocenters. The van der Waals surface area contributed by atoms with Gasteiger partial charge >= 0.3 is 0 Å². The number of hydrogen-bond donors (Lipinski definition) is 1. The van der Waals surface area contributed by atoms with Gasteiger partial charge in [0.15, 0.2) is 5.13 Å². The Bertz CT molecular complexity index is 1170. The maximum atomic E-state index is 12.7. The molecule has 0 bridgehead atoms. The van der Waals surface area contributed by atoms with E-state index >= 15 is 0 Å². The van der Waals surface area contributed by atoms with Gasteiger partial charge in [-0.15, -0.1) is 0 Å². The number of anilines is 1. The van der Waals surface area contributed by atoms with Crippen molar-refractivity contribution >= 4 is 75.2 Å². The van der Waals surface area contributed by atoms with Gasteiger partial charge in [-0.3, -0.25) is 4.79 Å². The lowest BCUT2D eigenvalue weighted by Gasteiger charge is -2.12. The topological polar surface area (TPSA) is 51.2 Å². The molecule has 0 saturated heterocycles. The number of amides is 1. The molecule has 4 nitrogen and oxygen atoms in total. The third-order valence-corrected chi connectivity index (χ3v) is 6.12. The van der Waals surface area contributed by atoms with Crippen LogP contribution in [0.15, 0.2) is 57.5 Å². The van der Waals surface area contributed by atoms with Gasteiger partial charge in [-0.25, -0.2) is 4.98 Å². The van der Waals surface area contributed by atoms with E-state index < -0.39 is 0 Å². The molecule has 136 valence electrons. The van der Waals surface area contributed by atoms with Gasteiger partial charge in [0.05, 0.1) is 23.7 Å². The summed E-state index contributed by atoms with van der Waals surface area (Å²) in [6.45, 7) is 0. The summed E-state index contributed by atoms with van der Waals surface area (Å²) in [5.74, 6) is 0.579. The van der Waals surface area contributed by atoms with Crippen molar-refractivity contribution in [1.82, 2.24) is 4.98 Å². The molecule has 0 spiro atoms. The molecular weight excluding hydrogens is 492 g/mol. The van der Waals surface area contributed by atoms with Crippen molar-refractivity contribution < 1.29 is 9.53 Å². The average Bonchev–Trinajstić information content (AvgIpc) is 3.02. The number of fused-ring (bicyclic) bond motifs is 2. The predicted molar refractivity (Wildman–Crippen MR) is 118 cm³/mol. The van der Waals surface area contributed by atoms with Gasteiger partial charge in [-0.05, 0) is 47.2 Å². The Morgan fingerprint density at radius 1 is 1.11 bits per heavy atom. The van der Waals surface area contributed by atoms with Crippen LogP contribution in [0.3, 0.4) is 0 Å². The fourth-order valence-corrected chi connectivity index (χ4v) is 4.81. The summed E-state index contributed by atoms with van der Waals surface area (Å²) >= 11 is 8.40. The van der Waals surface area contributed by atoms with Crippen molar-refractivity contribution in [2.75, 3.05) is 12.4 Å². The summed E-state index contributed by atoms with van der Waals surface area (Å²) in [6.07, 6.45) is 0.210. The molecule has 0 saturated carbocycles. The number of thiazole rings is 1. The number of benzene rings is 3. The predicted octanol–water partition coefficient (Wildman–Crippen LogP) is 6.16. The van der Waals surface area contributed by atoms with Crippen LogP contribution in [0.1, 0.15) is 5.56 Å². The van der Waals surface area contributed by atoms with E-state index in [1.807, 2.05) is 48.5 Å². The molecule has 7 heteroatoms. The van der Waals surface area contributed by atoms with E-state index in [9.17, 15) is 4.79 Å². The Kier molecular flexibility index (Phi) is 5.16. The van der Waals surface area contributed by atoms with E-state index in [2.05, 4.69) is 42.2 Å². The maximum absolute atomic E-state index is 12.7. The quantitative estimate of drug-likeness (QED) is 0.361. The molecule has 4 aromatic rings. The van der Waals surface area contributed by atoms with Gasteiger partial charge in [-0.1, -0.05) is 55.3 Å². The number of methoxy groups -OCH3 is 1. The van der Waals surface area contributed by atoms with Crippen LogP contribution in [0.25, 0.3) is 21.0 Å². The number of rotatable bonds is 4. The highest BCUT2D eigenvalue weighted by atomic mass is 79.9. The second-order valence-electron chi connectivity index (χ2n) is 5.97. The largest absolute Gasteiger partial charge is 0.496 e. The van der Waals surface area contributed by atoms with Gasteiger partial charge in [0.25, 0.3) is 0 Å². The Hall–Kier alpha value is -1.96. The summed E-state index contributed by atoms with van der Waals surface area (Å²) in [5.41, 5.74) is 1.73. The maximum Gasteiger partial charge on any atom is 0.230 e. The first-order valence-corrected chi connectivity index (χ1v) is 10.5. The molecule has 1 amide bonds. The monoisotopic (exact) mass is 504 g/mol. The third kappa shape index (κ3) is 3.85. The number of aromatic nitrogens is 1. The number of hydrogen-bond acceptors (Lipinski definition) is 4. The number of nitrogens with one attached hydrogen (secondary N) is 1. The van der Waals surface area contributed by atoms with Crippen LogP contribution in [0.2, 0.25) is 0 Å². The fraction of sp³-hybridized carbons (Fsp3) is 0.100. The van der Waals surface area contributed by atoms with Crippen LogP contribution in [0, 0.1) is 0 Å². The molecule has 1 N–H and O–H groups in total. The Morgan fingerprint density at radius 2 is 1.89 bits per heavy atom. The summed E-state index contributed by atoms with van der Waals surface area (Å²) in [6, 6.07) is 15.7. The zero-order chi connectivity index (χ0) is 19.0. The van der Waals surface area contributed by atoms with Crippen molar-refractivity contribution in [2.24, 2.45) is 0 Å². The Labute approximate surface area is 176 Å². The minimum absolute atomic E-state index is 0.123. The van der Waals surface area contributed by atoms with Crippen molar-refractivity contribution in [2.45, 2.75) is 6.42 Å². The number of carbonyl (C=O) groups excluding carboxylic acids is 1. The van der Waals surface area contributed by atoms with E-state index in [0.717, 1.165) is 35.5 Å². The van der Waals surface area contributed by atoms with Crippen LogP contribution in [-0.4, -0.2) is 18.0 Å². The van der Waals surface area contributed by atoms with Crippen molar-refractivity contribution in [3.05, 3.63) is 63.0 Å². The lowest BCUT2D eigenvalue weighted by atomic mass is 10.0. The van der Waals surface area contributed by atoms with E-state index in [-0.39, 0.29) is 12.3 Å². The van der Waals surface area contributed by atoms with Crippen LogP contribution in [0.4, 0.5) is 5.13 Å². The molecular formula is C20H14Br2N2O2S. The molecule has 3 aromatic carbocycles. The molecule has 27 heavy (non-hydrogen) atoms. The molecule has 0 aliphatic rings. The van der Waals surface area contributed by atoms with Crippen molar-refractivity contribution in [1.29, 1.82) is 0 Å². The number of nitrogens with zero attached hydrogens (tertiary/aromatic N) is 1. The van der Waals surface area contributed by atoms with Crippen LogP contribution in [0.5, 0.6) is 5.75 Å². The molecule has 0 radical (unpaired) electrons. The number of ether oxygens (including phenoxy) is 1. The molecule has 0 atom stereocenters. The first-order chi connectivity index (χ1) is 13.0. The highest BCUT2D eigenvalue weighted by molar-refractivity contribution is 9.10. The molecule has 0 fully saturated rings. The second kappa shape index (κ2) is 7.58. The number of halogens is 2. The molecule has 4 rings (SSSR count). The second-order valence-corrected chi connectivity index (χ2v) is 8.83. The summed E-state index contributed by atoms with van der Waals surface area (Å²) in [4.78, 5) is 17.2. The minimum Gasteiger partial charge on any atom is -0.496 e. The third-order valence-electron chi connectivity index (χ3n) is 4.20. The van der Waals surface area contributed by atoms with Gasteiger partial charge in [0, 0.05) is 14.5 Å². The van der Waals surface area contributed by atoms with E-state index in [4.69, 9.17) is 4.74 Å². The lowest BCUT2D eigenvalue weighted by Crippen LogP contribution is -2.15. The SMILES string of the molecule is COc1ccc2cc(Br)ccc2c1CC(=O)Nc1nc2ccc(Br)cc2s1. The summed E-state index contributed by atoms with van der Waals surface area (Å²) in [5, 5.41) is 5.56. The van der Waals surface area contributed by atoms with Gasteiger partial charge in [-0.2, -0.15) is 0 Å². The zero-order valence-corrected chi connectivity index (χ0v) is 18.2. The molecule has 1 aromatic heterocycles. The smallest absolute Gasteiger partial charge is 0.230 e. The molecule has 0 aliphatic heterocycles. The summed E-state index contributed by atoms with van der Waals surface area (Å²) < 4.78 is 8.49. The number of carbonyl (C=O) groups is 1. The normalized spacial score (nSPS) is 11.1. The van der Waals surface area contributed by atoms with E-state index in [0.29, 0.717) is 10.9 Å². The highest BCUT2D eigenvalue weighted by Gasteiger charge is 2.15.